The van der Waals surface area contributed by atoms with Crippen molar-refractivity contribution in [2.45, 2.75) is 67.1 Å². The second kappa shape index (κ2) is 12.2. The third-order valence-electron chi connectivity index (χ3n) is 10.8. The number of aromatic nitrogens is 2. The second-order valence-corrected chi connectivity index (χ2v) is 15.3. The van der Waals surface area contributed by atoms with Crippen molar-refractivity contribution >= 4 is 62.5 Å². The normalized spacial score (nSPS) is 16.2. The summed E-state index contributed by atoms with van der Waals surface area (Å²) in [4.78, 5) is 81.0. The maximum atomic E-state index is 14.4. The summed E-state index contributed by atoms with van der Waals surface area (Å²) in [5, 5.41) is 0.946. The van der Waals surface area contributed by atoms with Gasteiger partial charge in [0.15, 0.2) is 11.6 Å². The van der Waals surface area contributed by atoms with Crippen LogP contribution in [0.25, 0.3) is 21.7 Å². The number of hydrogen-bond donors (Lipinski definition) is 1. The number of aromatic amines is 1. The van der Waals surface area contributed by atoms with Gasteiger partial charge in [-0.1, -0.05) is 68.8 Å². The van der Waals surface area contributed by atoms with Crippen LogP contribution in [0.4, 0.5) is 5.69 Å². The molecule has 52 heavy (non-hydrogen) atoms. The number of ketones is 2. The summed E-state index contributed by atoms with van der Waals surface area (Å²) in [5.41, 5.74) is 3.61. The Morgan fingerprint density at radius 1 is 0.712 bits per heavy atom. The van der Waals surface area contributed by atoms with Crippen molar-refractivity contribution < 1.29 is 19.2 Å². The second-order valence-electron chi connectivity index (χ2n) is 14.2. The molecule has 9 heteroatoms. The number of nitrogens with zero attached hydrogens (tertiary/aromatic N) is 2. The minimum Gasteiger partial charge on any atom is -0.309 e. The summed E-state index contributed by atoms with van der Waals surface area (Å²) in [6, 6.07) is 27.4. The van der Waals surface area contributed by atoms with E-state index in [1.54, 1.807) is 36.4 Å². The molecule has 8 nitrogen and oxygen atoms in total. The van der Waals surface area contributed by atoms with E-state index in [9.17, 15) is 24.0 Å². The molecular formula is C43H33N3O5S. The molecule has 3 aliphatic rings. The van der Waals surface area contributed by atoms with E-state index in [0.717, 1.165) is 46.6 Å². The molecule has 1 saturated carbocycles. The first-order valence-electron chi connectivity index (χ1n) is 17.7. The summed E-state index contributed by atoms with van der Waals surface area (Å²) < 4.78 is 0. The van der Waals surface area contributed by atoms with Crippen LogP contribution < -0.4 is 10.5 Å². The summed E-state index contributed by atoms with van der Waals surface area (Å²) >= 11 is 1.51. The molecule has 0 radical (unpaired) electrons. The van der Waals surface area contributed by atoms with Gasteiger partial charge in [-0.05, 0) is 96.5 Å². The smallest absolute Gasteiger partial charge is 0.265 e. The number of imide groups is 1. The molecule has 1 aliphatic heterocycles. The highest BCUT2D eigenvalue weighted by Gasteiger charge is 2.43. The molecule has 0 unspecified atom stereocenters. The van der Waals surface area contributed by atoms with Gasteiger partial charge >= 0.3 is 0 Å². The highest BCUT2D eigenvalue weighted by Crippen LogP contribution is 2.45. The Bertz CT molecular complexity index is 2530. The Balaban J connectivity index is 1.10. The molecule has 1 aromatic heterocycles. The molecule has 2 amide bonds. The van der Waals surface area contributed by atoms with Crippen molar-refractivity contribution in [2.24, 2.45) is 0 Å². The number of carbonyl (C=O) groups excluding carboxylic acids is 4. The van der Waals surface area contributed by atoms with Gasteiger partial charge in [0.1, 0.15) is 11.7 Å². The molecule has 0 saturated heterocycles. The molecule has 0 spiro atoms. The van der Waals surface area contributed by atoms with Crippen LogP contribution >= 0.6 is 11.8 Å². The maximum Gasteiger partial charge on any atom is 0.265 e. The third-order valence-corrected chi connectivity index (χ3v) is 11.8. The van der Waals surface area contributed by atoms with Gasteiger partial charge in [0.05, 0.1) is 16.6 Å². The molecule has 2 heterocycles. The Kier molecular flexibility index (Phi) is 7.59. The highest BCUT2D eigenvalue weighted by atomic mass is 32.2. The van der Waals surface area contributed by atoms with Gasteiger partial charge in [0.2, 0.25) is 0 Å². The topological polar surface area (TPSA) is 117 Å². The fraction of sp³-hybridized carbons (Fsp3) is 0.209. The lowest BCUT2D eigenvalue weighted by Gasteiger charge is -2.32. The monoisotopic (exact) mass is 703 g/mol. The van der Waals surface area contributed by atoms with E-state index >= 15 is 0 Å². The van der Waals surface area contributed by atoms with Crippen molar-refractivity contribution in [1.82, 2.24) is 9.97 Å². The molecule has 1 fully saturated rings. The molecule has 256 valence electrons. The average Bonchev–Trinajstić information content (AvgIpc) is 3.69. The van der Waals surface area contributed by atoms with Crippen LogP contribution in [-0.4, -0.2) is 33.3 Å². The van der Waals surface area contributed by atoms with Crippen LogP contribution in [0.15, 0.2) is 106 Å². The van der Waals surface area contributed by atoms with Gasteiger partial charge in [0.25, 0.3) is 17.4 Å². The zero-order chi connectivity index (χ0) is 35.8. The van der Waals surface area contributed by atoms with Crippen LogP contribution in [0.3, 0.4) is 0 Å². The largest absolute Gasteiger partial charge is 0.309 e. The lowest BCUT2D eigenvalue weighted by Crippen LogP contribution is -2.42. The molecule has 2 aliphatic carbocycles. The van der Waals surface area contributed by atoms with E-state index in [-0.39, 0.29) is 39.9 Å². The number of carbonyl (C=O) groups is 4. The predicted octanol–water partition coefficient (Wildman–Crippen LogP) is 8.97. The van der Waals surface area contributed by atoms with Gasteiger partial charge in [-0.25, -0.2) is 9.88 Å². The van der Waals surface area contributed by atoms with Crippen molar-refractivity contribution in [3.8, 4) is 0 Å². The summed E-state index contributed by atoms with van der Waals surface area (Å²) in [6.45, 7) is 4.26. The highest BCUT2D eigenvalue weighted by molar-refractivity contribution is 7.99. The van der Waals surface area contributed by atoms with E-state index in [1.807, 2.05) is 48.5 Å². The fourth-order valence-corrected chi connectivity index (χ4v) is 9.03. The zero-order valence-electron chi connectivity index (χ0n) is 28.6. The summed E-state index contributed by atoms with van der Waals surface area (Å²) in [6.07, 6.45) is 4.21. The van der Waals surface area contributed by atoms with Crippen LogP contribution in [0.5, 0.6) is 0 Å². The van der Waals surface area contributed by atoms with Gasteiger partial charge in [-0.2, -0.15) is 0 Å². The number of fused-ring (bicyclic) bond motifs is 1. The number of anilines is 1. The fourth-order valence-electron chi connectivity index (χ4n) is 8.15. The van der Waals surface area contributed by atoms with Gasteiger partial charge in [0, 0.05) is 42.8 Å². The molecule has 5 aromatic carbocycles. The van der Waals surface area contributed by atoms with Crippen molar-refractivity contribution in [2.75, 3.05) is 4.90 Å². The Morgan fingerprint density at radius 2 is 1.35 bits per heavy atom. The Labute approximate surface area is 303 Å². The van der Waals surface area contributed by atoms with E-state index in [2.05, 4.69) is 29.9 Å². The summed E-state index contributed by atoms with van der Waals surface area (Å²) in [7, 11) is 0. The lowest BCUT2D eigenvalue weighted by atomic mass is 9.76. The molecule has 0 atom stereocenters. The van der Waals surface area contributed by atoms with Crippen LogP contribution in [-0.2, 0) is 0 Å². The molecule has 0 bridgehead atoms. The minimum atomic E-state index is -1.39. The zero-order valence-corrected chi connectivity index (χ0v) is 29.4. The molecular weight excluding hydrogens is 671 g/mol. The van der Waals surface area contributed by atoms with Gasteiger partial charge in [-0.3, -0.25) is 24.0 Å². The van der Waals surface area contributed by atoms with E-state index in [1.165, 1.54) is 16.7 Å². The van der Waals surface area contributed by atoms with Gasteiger partial charge in [-0.15, -0.1) is 0 Å². The lowest BCUT2D eigenvalue weighted by molar-refractivity contribution is 0.0842. The molecule has 1 N–H and O–H groups in total. The number of H-pyrrole nitrogens is 1. The molecule has 9 rings (SSSR count). The van der Waals surface area contributed by atoms with Crippen LogP contribution in [0.1, 0.15) is 116 Å². The SMILES string of the molecule is CC(C)c1ccc(N2C(=O)c3ccc4c5c(ccc(c35)C2=O)C(=O)C(c2nc3ccc(Sc5ccccc5)cc3c(=O)[nH]2)C4=O)c(C2CCCC2)c1. The number of amides is 2. The van der Waals surface area contributed by atoms with E-state index in [4.69, 9.17) is 0 Å². The number of Topliss-reactive ketones (excluding diaryl/α,β-unsaturated/α-hetero) is 2. The third kappa shape index (κ3) is 4.98. The van der Waals surface area contributed by atoms with E-state index in [0.29, 0.717) is 27.4 Å². The van der Waals surface area contributed by atoms with Crippen LogP contribution in [0, 0.1) is 0 Å². The quantitative estimate of drug-likeness (QED) is 0.136. The van der Waals surface area contributed by atoms with Crippen molar-refractivity contribution in [3.63, 3.8) is 0 Å². The number of benzene rings is 5. The Hall–Kier alpha value is -5.67. The standard InChI is InChI=1S/C43H33N3O5S/c1-22(2)24-12-19-34(31(20-24)23-8-6-7-9-23)46-42(50)29-16-14-27-35-28(15-17-30(36(29)35)43(46)51)39(48)37(38(27)47)40-44-33-18-13-26(21-32(33)41(49)45-40)52-25-10-4-3-5-11-25/h3-5,10-23,37H,6-9H2,1-2H3,(H,44,45,49). The first kappa shape index (κ1) is 32.3. The molecule has 6 aromatic rings. The number of rotatable bonds is 6. The number of hydrogen-bond acceptors (Lipinski definition) is 7. The first-order chi connectivity index (χ1) is 25.2. The van der Waals surface area contributed by atoms with E-state index < -0.39 is 34.9 Å². The first-order valence-corrected chi connectivity index (χ1v) is 18.5. The number of nitrogens with one attached hydrogen (secondary N) is 1. The van der Waals surface area contributed by atoms with Crippen LogP contribution in [0.2, 0.25) is 0 Å². The Morgan fingerprint density at radius 3 is 2.00 bits per heavy atom. The van der Waals surface area contributed by atoms with Gasteiger partial charge < -0.3 is 4.98 Å². The predicted molar refractivity (Wildman–Crippen MR) is 201 cm³/mol. The summed E-state index contributed by atoms with van der Waals surface area (Å²) in [5.74, 6) is -2.94. The van der Waals surface area contributed by atoms with Crippen molar-refractivity contribution in [1.29, 1.82) is 0 Å². The minimum absolute atomic E-state index is 0.0439. The van der Waals surface area contributed by atoms with Crippen molar-refractivity contribution in [3.05, 3.63) is 141 Å². The maximum absolute atomic E-state index is 14.4. The average molecular weight is 704 g/mol.